The SMILES string of the molecule is COc1ccc(C)cc1S(=O)(=O)C(C)CC(C)=O. The minimum Gasteiger partial charge on any atom is -0.495 e. The van der Waals surface area contributed by atoms with Crippen molar-refractivity contribution in [2.75, 3.05) is 7.11 Å². The summed E-state index contributed by atoms with van der Waals surface area (Å²) in [6.45, 7) is 4.74. The van der Waals surface area contributed by atoms with E-state index in [0.29, 0.717) is 5.75 Å². The van der Waals surface area contributed by atoms with E-state index >= 15 is 0 Å². The summed E-state index contributed by atoms with van der Waals surface area (Å²) in [5.41, 5.74) is 0.837. The van der Waals surface area contributed by atoms with Crippen LogP contribution in [0.25, 0.3) is 0 Å². The van der Waals surface area contributed by atoms with Crippen molar-refractivity contribution in [2.24, 2.45) is 0 Å². The normalized spacial score (nSPS) is 13.1. The van der Waals surface area contributed by atoms with Crippen LogP contribution in [0.1, 0.15) is 25.8 Å². The van der Waals surface area contributed by atoms with Crippen molar-refractivity contribution < 1.29 is 17.9 Å². The number of aryl methyl sites for hydroxylation is 1. The highest BCUT2D eigenvalue weighted by atomic mass is 32.2. The Labute approximate surface area is 108 Å². The molecule has 0 heterocycles. The van der Waals surface area contributed by atoms with E-state index in [1.807, 2.05) is 6.92 Å². The predicted molar refractivity (Wildman–Crippen MR) is 69.7 cm³/mol. The third-order valence-corrected chi connectivity index (χ3v) is 4.89. The molecule has 0 aromatic heterocycles. The van der Waals surface area contributed by atoms with Crippen LogP contribution in [0.15, 0.2) is 23.1 Å². The Hall–Kier alpha value is -1.36. The Morgan fingerprint density at radius 3 is 2.50 bits per heavy atom. The largest absolute Gasteiger partial charge is 0.495 e. The molecule has 1 aromatic rings. The van der Waals surface area contributed by atoms with E-state index < -0.39 is 15.1 Å². The van der Waals surface area contributed by atoms with Gasteiger partial charge in [0.1, 0.15) is 16.4 Å². The van der Waals surface area contributed by atoms with Gasteiger partial charge in [-0.25, -0.2) is 8.42 Å². The zero-order valence-electron chi connectivity index (χ0n) is 11.1. The standard InChI is InChI=1S/C13H18O4S/c1-9-5-6-12(17-4)13(7-9)18(15,16)11(3)8-10(2)14/h5-7,11H,8H2,1-4H3. The number of methoxy groups -OCH3 is 1. The zero-order chi connectivity index (χ0) is 13.9. The fraction of sp³-hybridized carbons (Fsp3) is 0.462. The van der Waals surface area contributed by atoms with Gasteiger partial charge in [-0.1, -0.05) is 6.07 Å². The van der Waals surface area contributed by atoms with Gasteiger partial charge in [0.25, 0.3) is 0 Å². The van der Waals surface area contributed by atoms with Gasteiger partial charge in [-0.2, -0.15) is 0 Å². The van der Waals surface area contributed by atoms with Crippen LogP contribution in [0.3, 0.4) is 0 Å². The molecule has 1 unspecified atom stereocenters. The number of ketones is 1. The van der Waals surface area contributed by atoms with E-state index in [0.717, 1.165) is 5.56 Å². The van der Waals surface area contributed by atoms with Gasteiger partial charge in [-0.05, 0) is 38.5 Å². The van der Waals surface area contributed by atoms with Crippen LogP contribution in [0, 0.1) is 6.92 Å². The second-order valence-corrected chi connectivity index (χ2v) is 6.75. The number of Topliss-reactive ketones (excluding diaryl/α,β-unsaturated/α-hetero) is 1. The second kappa shape index (κ2) is 5.52. The maximum atomic E-state index is 12.4. The number of carbonyl (C=O) groups excluding carboxylic acids is 1. The lowest BCUT2D eigenvalue weighted by Gasteiger charge is -2.15. The molecule has 1 aromatic carbocycles. The first-order chi connectivity index (χ1) is 8.28. The van der Waals surface area contributed by atoms with Crippen LogP contribution >= 0.6 is 0 Å². The molecule has 0 N–H and O–H groups in total. The average Bonchev–Trinajstić information content (AvgIpc) is 2.28. The molecule has 5 heteroatoms. The lowest BCUT2D eigenvalue weighted by Crippen LogP contribution is -2.21. The van der Waals surface area contributed by atoms with Crippen LogP contribution in [-0.2, 0) is 14.6 Å². The highest BCUT2D eigenvalue weighted by Gasteiger charge is 2.27. The number of carbonyl (C=O) groups is 1. The lowest BCUT2D eigenvalue weighted by atomic mass is 10.2. The molecule has 0 aliphatic heterocycles. The molecule has 0 amide bonds. The van der Waals surface area contributed by atoms with E-state index in [1.54, 1.807) is 25.1 Å². The summed E-state index contributed by atoms with van der Waals surface area (Å²) in [4.78, 5) is 11.2. The van der Waals surface area contributed by atoms with Gasteiger partial charge in [0.15, 0.2) is 9.84 Å². The molecule has 18 heavy (non-hydrogen) atoms. The average molecular weight is 270 g/mol. The number of hydrogen-bond donors (Lipinski definition) is 0. The molecule has 0 bridgehead atoms. The molecule has 0 spiro atoms. The van der Waals surface area contributed by atoms with E-state index in [2.05, 4.69) is 0 Å². The van der Waals surface area contributed by atoms with Crippen molar-refractivity contribution in [1.29, 1.82) is 0 Å². The summed E-state index contributed by atoms with van der Waals surface area (Å²) in [6, 6.07) is 4.99. The smallest absolute Gasteiger partial charge is 0.185 e. The number of hydrogen-bond acceptors (Lipinski definition) is 4. The molecule has 4 nitrogen and oxygen atoms in total. The van der Waals surface area contributed by atoms with Crippen molar-refractivity contribution in [1.82, 2.24) is 0 Å². The molecule has 0 saturated carbocycles. The Balaban J connectivity index is 3.27. The van der Waals surface area contributed by atoms with Crippen molar-refractivity contribution in [2.45, 2.75) is 37.3 Å². The Kier molecular flexibility index (Phi) is 4.51. The molecule has 1 rings (SSSR count). The Bertz CT molecular complexity index is 546. The van der Waals surface area contributed by atoms with E-state index in [9.17, 15) is 13.2 Å². The second-order valence-electron chi connectivity index (χ2n) is 4.42. The lowest BCUT2D eigenvalue weighted by molar-refractivity contribution is -0.116. The van der Waals surface area contributed by atoms with Crippen LogP contribution in [0.5, 0.6) is 5.75 Å². The molecular formula is C13H18O4S. The summed E-state index contributed by atoms with van der Waals surface area (Å²) in [7, 11) is -2.12. The van der Waals surface area contributed by atoms with Crippen LogP contribution in [-0.4, -0.2) is 26.6 Å². The highest BCUT2D eigenvalue weighted by Crippen LogP contribution is 2.28. The van der Waals surface area contributed by atoms with Crippen molar-refractivity contribution in [3.05, 3.63) is 23.8 Å². The van der Waals surface area contributed by atoms with E-state index in [-0.39, 0.29) is 17.1 Å². The van der Waals surface area contributed by atoms with E-state index in [1.165, 1.54) is 14.0 Å². The van der Waals surface area contributed by atoms with Crippen molar-refractivity contribution in [3.63, 3.8) is 0 Å². The summed E-state index contributed by atoms with van der Waals surface area (Å²) >= 11 is 0. The summed E-state index contributed by atoms with van der Waals surface area (Å²) < 4.78 is 29.8. The quantitative estimate of drug-likeness (QED) is 0.822. The maximum absolute atomic E-state index is 12.4. The molecule has 0 radical (unpaired) electrons. The van der Waals surface area contributed by atoms with Gasteiger partial charge < -0.3 is 4.74 Å². The zero-order valence-corrected chi connectivity index (χ0v) is 11.9. The van der Waals surface area contributed by atoms with Crippen LogP contribution in [0.2, 0.25) is 0 Å². The van der Waals surface area contributed by atoms with Gasteiger partial charge >= 0.3 is 0 Å². The van der Waals surface area contributed by atoms with Gasteiger partial charge in [-0.15, -0.1) is 0 Å². The first kappa shape index (κ1) is 14.7. The number of benzene rings is 1. The van der Waals surface area contributed by atoms with Gasteiger partial charge in [-0.3, -0.25) is 4.79 Å². The summed E-state index contributed by atoms with van der Waals surface area (Å²) in [5, 5.41) is -0.745. The predicted octanol–water partition coefficient (Wildman–Crippen LogP) is 2.14. The molecule has 0 aliphatic carbocycles. The third-order valence-electron chi connectivity index (χ3n) is 2.73. The van der Waals surface area contributed by atoms with Crippen LogP contribution < -0.4 is 4.74 Å². The topological polar surface area (TPSA) is 60.4 Å². The summed E-state index contributed by atoms with van der Waals surface area (Å²) in [5.74, 6) is 0.175. The Morgan fingerprint density at radius 2 is 2.00 bits per heavy atom. The highest BCUT2D eigenvalue weighted by molar-refractivity contribution is 7.92. The van der Waals surface area contributed by atoms with Crippen LogP contribution in [0.4, 0.5) is 0 Å². The van der Waals surface area contributed by atoms with Gasteiger partial charge in [0.2, 0.25) is 0 Å². The monoisotopic (exact) mass is 270 g/mol. The first-order valence-corrected chi connectivity index (χ1v) is 7.21. The molecular weight excluding hydrogens is 252 g/mol. The summed E-state index contributed by atoms with van der Waals surface area (Å²) in [6.07, 6.45) is 0.0133. The molecule has 0 fully saturated rings. The number of rotatable bonds is 5. The molecule has 1 atom stereocenters. The molecule has 100 valence electrons. The molecule has 0 aliphatic rings. The minimum atomic E-state index is -3.55. The fourth-order valence-electron chi connectivity index (χ4n) is 1.74. The third kappa shape index (κ3) is 3.10. The van der Waals surface area contributed by atoms with Gasteiger partial charge in [0, 0.05) is 6.42 Å². The fourth-order valence-corrected chi connectivity index (χ4v) is 3.41. The molecule has 0 saturated heterocycles. The van der Waals surface area contributed by atoms with Crippen molar-refractivity contribution >= 4 is 15.6 Å². The van der Waals surface area contributed by atoms with E-state index in [4.69, 9.17) is 4.74 Å². The Morgan fingerprint density at radius 1 is 1.39 bits per heavy atom. The number of sulfone groups is 1. The van der Waals surface area contributed by atoms with Gasteiger partial charge in [0.05, 0.1) is 12.4 Å². The first-order valence-electron chi connectivity index (χ1n) is 5.67. The number of ether oxygens (including phenoxy) is 1. The van der Waals surface area contributed by atoms with Crippen molar-refractivity contribution in [3.8, 4) is 5.75 Å². The minimum absolute atomic E-state index is 0.0133. The maximum Gasteiger partial charge on any atom is 0.185 e.